The lowest BCUT2D eigenvalue weighted by Gasteiger charge is -2.34. The second-order valence-corrected chi connectivity index (χ2v) is 6.87. The highest BCUT2D eigenvalue weighted by Gasteiger charge is 2.31. The van der Waals surface area contributed by atoms with Crippen molar-refractivity contribution in [1.82, 2.24) is 29.7 Å². The molecular formula is C18H24N6O2. The summed E-state index contributed by atoms with van der Waals surface area (Å²) in [5, 5.41) is 2.81. The molecule has 0 saturated carbocycles. The fraction of sp³-hybridized carbons (Fsp3) is 0.500. The lowest BCUT2D eigenvalue weighted by atomic mass is 10.1. The van der Waals surface area contributed by atoms with Crippen LogP contribution in [0.3, 0.4) is 0 Å². The minimum Gasteiger partial charge on any atom is -0.345 e. The van der Waals surface area contributed by atoms with Gasteiger partial charge in [-0.2, -0.15) is 0 Å². The number of nitrogens with one attached hydrogen (secondary N) is 1. The van der Waals surface area contributed by atoms with E-state index < -0.39 is 0 Å². The van der Waals surface area contributed by atoms with Gasteiger partial charge >= 0.3 is 0 Å². The number of carbonyl (C=O) groups is 2. The molecule has 138 valence electrons. The van der Waals surface area contributed by atoms with E-state index in [4.69, 9.17) is 0 Å². The third kappa shape index (κ3) is 3.58. The number of imidazole rings is 1. The molecular weight excluding hydrogens is 332 g/mol. The SMILES string of the molecule is Cc1cnc(CNC(=O)c2cn3c(n2)C(C)N(C(=O)C(C)C)CC3)cn1. The zero-order chi connectivity index (χ0) is 18.8. The Hall–Kier alpha value is -2.77. The number of aromatic nitrogens is 4. The molecule has 2 aromatic heterocycles. The Labute approximate surface area is 152 Å². The molecule has 0 spiro atoms. The highest BCUT2D eigenvalue weighted by molar-refractivity contribution is 5.92. The maximum atomic E-state index is 12.4. The minimum absolute atomic E-state index is 0.0580. The van der Waals surface area contributed by atoms with Crippen LogP contribution in [0.15, 0.2) is 18.6 Å². The lowest BCUT2D eigenvalue weighted by molar-refractivity contribution is -0.137. The maximum absolute atomic E-state index is 12.4. The average Bonchev–Trinajstić information content (AvgIpc) is 3.06. The van der Waals surface area contributed by atoms with E-state index in [1.807, 2.05) is 37.2 Å². The molecule has 0 aromatic carbocycles. The Morgan fingerprint density at radius 3 is 2.69 bits per heavy atom. The quantitative estimate of drug-likeness (QED) is 0.895. The molecule has 0 bridgehead atoms. The number of hydrogen-bond acceptors (Lipinski definition) is 5. The molecule has 0 fully saturated rings. The van der Waals surface area contributed by atoms with Gasteiger partial charge in [0.15, 0.2) is 0 Å². The Bertz CT molecular complexity index is 812. The van der Waals surface area contributed by atoms with Crippen LogP contribution in [0.1, 0.15) is 54.5 Å². The van der Waals surface area contributed by atoms with E-state index in [0.717, 1.165) is 11.5 Å². The molecule has 3 heterocycles. The summed E-state index contributed by atoms with van der Waals surface area (Å²) >= 11 is 0. The molecule has 2 amide bonds. The molecule has 2 aromatic rings. The number of aryl methyl sites for hydroxylation is 1. The minimum atomic E-state index is -0.261. The number of rotatable bonds is 4. The lowest BCUT2D eigenvalue weighted by Crippen LogP contribution is -2.42. The summed E-state index contributed by atoms with van der Waals surface area (Å²) < 4.78 is 1.95. The van der Waals surface area contributed by atoms with Crippen LogP contribution >= 0.6 is 0 Å². The van der Waals surface area contributed by atoms with Crippen LogP contribution in [0, 0.1) is 12.8 Å². The van der Waals surface area contributed by atoms with Crippen molar-refractivity contribution in [2.45, 2.75) is 46.8 Å². The number of carbonyl (C=O) groups excluding carboxylic acids is 2. The maximum Gasteiger partial charge on any atom is 0.271 e. The van der Waals surface area contributed by atoms with Gasteiger partial charge in [-0.05, 0) is 13.8 Å². The van der Waals surface area contributed by atoms with Crippen LogP contribution in [0.4, 0.5) is 0 Å². The van der Waals surface area contributed by atoms with Gasteiger partial charge in [-0.1, -0.05) is 13.8 Å². The van der Waals surface area contributed by atoms with Gasteiger partial charge in [0, 0.05) is 31.4 Å². The third-order valence-corrected chi connectivity index (χ3v) is 4.50. The molecule has 0 saturated heterocycles. The number of hydrogen-bond donors (Lipinski definition) is 1. The van der Waals surface area contributed by atoms with Crippen LogP contribution in [0.2, 0.25) is 0 Å². The smallest absolute Gasteiger partial charge is 0.271 e. The van der Waals surface area contributed by atoms with Crippen molar-refractivity contribution in [3.63, 3.8) is 0 Å². The first-order chi connectivity index (χ1) is 12.4. The topological polar surface area (TPSA) is 93.0 Å². The second-order valence-electron chi connectivity index (χ2n) is 6.87. The van der Waals surface area contributed by atoms with Crippen molar-refractivity contribution in [3.05, 3.63) is 41.5 Å². The molecule has 1 N–H and O–H groups in total. The van der Waals surface area contributed by atoms with E-state index >= 15 is 0 Å². The van der Waals surface area contributed by atoms with Crippen LogP contribution in [0.25, 0.3) is 0 Å². The van der Waals surface area contributed by atoms with Crippen molar-refractivity contribution in [1.29, 1.82) is 0 Å². The number of amides is 2. The second kappa shape index (κ2) is 7.23. The van der Waals surface area contributed by atoms with E-state index in [0.29, 0.717) is 31.0 Å². The number of fused-ring (bicyclic) bond motifs is 1. The third-order valence-electron chi connectivity index (χ3n) is 4.50. The predicted octanol–water partition coefficient (Wildman–Crippen LogP) is 1.47. The van der Waals surface area contributed by atoms with Crippen LogP contribution in [-0.2, 0) is 17.9 Å². The van der Waals surface area contributed by atoms with E-state index in [-0.39, 0.29) is 23.8 Å². The van der Waals surface area contributed by atoms with Gasteiger partial charge in [0.25, 0.3) is 5.91 Å². The van der Waals surface area contributed by atoms with Crippen molar-refractivity contribution in [3.8, 4) is 0 Å². The van der Waals surface area contributed by atoms with E-state index in [1.165, 1.54) is 0 Å². The molecule has 1 aliphatic heterocycles. The van der Waals surface area contributed by atoms with Gasteiger partial charge in [0.2, 0.25) is 5.91 Å². The van der Waals surface area contributed by atoms with Gasteiger partial charge in [0.1, 0.15) is 11.5 Å². The summed E-state index contributed by atoms with van der Waals surface area (Å²) in [6, 6.07) is -0.150. The Morgan fingerprint density at radius 2 is 2.04 bits per heavy atom. The first-order valence-electron chi connectivity index (χ1n) is 8.80. The molecule has 26 heavy (non-hydrogen) atoms. The van der Waals surface area contributed by atoms with Crippen LogP contribution in [0.5, 0.6) is 0 Å². The molecule has 1 atom stereocenters. The first kappa shape index (κ1) is 18.0. The van der Waals surface area contributed by atoms with Crippen molar-refractivity contribution >= 4 is 11.8 Å². The average molecular weight is 356 g/mol. The van der Waals surface area contributed by atoms with Gasteiger partial charge in [-0.25, -0.2) is 4.98 Å². The summed E-state index contributed by atoms with van der Waals surface area (Å²) in [6.45, 7) is 9.15. The summed E-state index contributed by atoms with van der Waals surface area (Å²) in [6.07, 6.45) is 5.06. The molecule has 1 aliphatic rings. The molecule has 0 radical (unpaired) electrons. The monoisotopic (exact) mass is 356 g/mol. The molecule has 8 heteroatoms. The van der Waals surface area contributed by atoms with Gasteiger partial charge < -0.3 is 14.8 Å². The summed E-state index contributed by atoms with van der Waals surface area (Å²) in [5.41, 5.74) is 1.87. The van der Waals surface area contributed by atoms with Gasteiger partial charge in [0.05, 0.1) is 30.2 Å². The summed E-state index contributed by atoms with van der Waals surface area (Å²) in [4.78, 5) is 39.4. The largest absolute Gasteiger partial charge is 0.345 e. The summed E-state index contributed by atoms with van der Waals surface area (Å²) in [5.74, 6) is 0.529. The Morgan fingerprint density at radius 1 is 1.27 bits per heavy atom. The van der Waals surface area contributed by atoms with E-state index in [9.17, 15) is 9.59 Å². The zero-order valence-electron chi connectivity index (χ0n) is 15.6. The predicted molar refractivity (Wildman–Crippen MR) is 95.1 cm³/mol. The Kier molecular flexibility index (Phi) is 5.01. The zero-order valence-corrected chi connectivity index (χ0v) is 15.6. The van der Waals surface area contributed by atoms with Crippen LogP contribution < -0.4 is 5.32 Å². The van der Waals surface area contributed by atoms with E-state index in [1.54, 1.807) is 18.6 Å². The highest BCUT2D eigenvalue weighted by Crippen LogP contribution is 2.26. The van der Waals surface area contributed by atoms with Crippen molar-refractivity contribution < 1.29 is 9.59 Å². The molecule has 3 rings (SSSR count). The first-order valence-corrected chi connectivity index (χ1v) is 8.80. The summed E-state index contributed by atoms with van der Waals surface area (Å²) in [7, 11) is 0. The van der Waals surface area contributed by atoms with Gasteiger partial charge in [-0.3, -0.25) is 19.6 Å². The fourth-order valence-electron chi connectivity index (χ4n) is 3.01. The Balaban J connectivity index is 1.69. The molecule has 1 unspecified atom stereocenters. The highest BCUT2D eigenvalue weighted by atomic mass is 16.2. The normalized spacial score (nSPS) is 16.5. The number of nitrogens with zero attached hydrogens (tertiary/aromatic N) is 5. The van der Waals surface area contributed by atoms with Gasteiger partial charge in [-0.15, -0.1) is 0 Å². The fourth-order valence-corrected chi connectivity index (χ4v) is 3.01. The van der Waals surface area contributed by atoms with Crippen molar-refractivity contribution in [2.75, 3.05) is 6.54 Å². The van der Waals surface area contributed by atoms with Crippen LogP contribution in [-0.4, -0.2) is 42.8 Å². The molecule has 8 nitrogen and oxygen atoms in total. The van der Waals surface area contributed by atoms with E-state index in [2.05, 4.69) is 20.3 Å². The standard InChI is InChI=1S/C18H24N6O2/c1-11(2)18(26)24-6-5-23-10-15(22-16(23)13(24)4)17(25)21-9-14-8-19-12(3)7-20-14/h7-8,10-11,13H,5-6,9H2,1-4H3,(H,21,25). The molecule has 0 aliphatic carbocycles. The van der Waals surface area contributed by atoms with Crippen molar-refractivity contribution in [2.24, 2.45) is 5.92 Å².